The van der Waals surface area contributed by atoms with Crippen LogP contribution in [0.4, 0.5) is 0 Å². The molecule has 0 fully saturated rings. The van der Waals surface area contributed by atoms with Gasteiger partial charge in [-0.1, -0.05) is 24.6 Å². The molecule has 0 aliphatic rings. The molecule has 2 heterocycles. The molecular formula is C14H14ClN3OS. The van der Waals surface area contributed by atoms with Crippen molar-refractivity contribution in [2.24, 2.45) is 0 Å². The van der Waals surface area contributed by atoms with Crippen LogP contribution in [0.25, 0.3) is 11.0 Å². The van der Waals surface area contributed by atoms with E-state index in [0.29, 0.717) is 0 Å². The van der Waals surface area contributed by atoms with Crippen molar-refractivity contribution in [1.82, 2.24) is 15.3 Å². The fourth-order valence-electron chi connectivity index (χ4n) is 2.31. The van der Waals surface area contributed by atoms with Gasteiger partial charge in [0.05, 0.1) is 22.1 Å². The van der Waals surface area contributed by atoms with Gasteiger partial charge in [0.25, 0.3) is 0 Å². The summed E-state index contributed by atoms with van der Waals surface area (Å²) < 4.78 is 0. The number of nitrogens with one attached hydrogen (secondary N) is 3. The summed E-state index contributed by atoms with van der Waals surface area (Å²) in [7, 11) is 0. The number of aromatic amines is 2. The molecule has 0 aliphatic carbocycles. The molecule has 0 saturated heterocycles. The quantitative estimate of drug-likeness (QED) is 0.693. The minimum Gasteiger partial charge on any atom is -0.306 e. The fourth-order valence-corrected chi connectivity index (χ4v) is 3.57. The summed E-state index contributed by atoms with van der Waals surface area (Å²) in [4.78, 5) is 18.0. The SMILES string of the molecule is CCNC(c1ccc2[nH]c(=O)[nH]c2c1)c1sccc1Cl. The molecule has 104 valence electrons. The molecule has 0 bridgehead atoms. The number of halogens is 1. The number of hydrogen-bond donors (Lipinski definition) is 3. The molecule has 3 N–H and O–H groups in total. The highest BCUT2D eigenvalue weighted by Gasteiger charge is 2.18. The van der Waals surface area contributed by atoms with E-state index in [1.807, 2.05) is 29.6 Å². The van der Waals surface area contributed by atoms with Crippen LogP contribution in [0.2, 0.25) is 5.02 Å². The lowest BCUT2D eigenvalue weighted by atomic mass is 10.0. The van der Waals surface area contributed by atoms with Gasteiger partial charge in [-0.15, -0.1) is 11.3 Å². The van der Waals surface area contributed by atoms with Crippen LogP contribution in [0.3, 0.4) is 0 Å². The van der Waals surface area contributed by atoms with Crippen molar-refractivity contribution in [2.45, 2.75) is 13.0 Å². The summed E-state index contributed by atoms with van der Waals surface area (Å²) in [5.74, 6) is 0. The molecule has 20 heavy (non-hydrogen) atoms. The van der Waals surface area contributed by atoms with Crippen molar-refractivity contribution in [1.29, 1.82) is 0 Å². The molecule has 1 unspecified atom stereocenters. The molecule has 3 aromatic rings. The zero-order valence-corrected chi connectivity index (χ0v) is 12.4. The number of H-pyrrole nitrogens is 2. The summed E-state index contributed by atoms with van der Waals surface area (Å²) in [6, 6.07) is 7.85. The van der Waals surface area contributed by atoms with E-state index in [1.54, 1.807) is 11.3 Å². The summed E-state index contributed by atoms with van der Waals surface area (Å²) in [6.07, 6.45) is 0. The molecule has 0 saturated carbocycles. The largest absolute Gasteiger partial charge is 0.323 e. The first-order chi connectivity index (χ1) is 9.69. The van der Waals surface area contributed by atoms with Gasteiger partial charge in [0, 0.05) is 4.88 Å². The van der Waals surface area contributed by atoms with Crippen LogP contribution >= 0.6 is 22.9 Å². The maximum Gasteiger partial charge on any atom is 0.323 e. The summed E-state index contributed by atoms with van der Waals surface area (Å²) >= 11 is 7.88. The Morgan fingerprint density at radius 1 is 1.30 bits per heavy atom. The van der Waals surface area contributed by atoms with Crippen LogP contribution in [0.15, 0.2) is 34.4 Å². The second kappa shape index (κ2) is 5.44. The number of fused-ring (bicyclic) bond motifs is 1. The lowest BCUT2D eigenvalue weighted by molar-refractivity contribution is 0.640. The van der Waals surface area contributed by atoms with E-state index in [1.165, 1.54) is 0 Å². The van der Waals surface area contributed by atoms with Crippen molar-refractivity contribution in [3.63, 3.8) is 0 Å². The van der Waals surface area contributed by atoms with Crippen molar-refractivity contribution in [2.75, 3.05) is 6.54 Å². The van der Waals surface area contributed by atoms with Gasteiger partial charge in [-0.05, 0) is 35.7 Å². The van der Waals surface area contributed by atoms with Gasteiger partial charge < -0.3 is 15.3 Å². The Morgan fingerprint density at radius 2 is 2.10 bits per heavy atom. The Bertz CT molecular complexity index is 789. The van der Waals surface area contributed by atoms with Crippen LogP contribution in [0.5, 0.6) is 0 Å². The minimum absolute atomic E-state index is 0.0373. The molecule has 1 aromatic carbocycles. The van der Waals surface area contributed by atoms with Gasteiger partial charge in [0.15, 0.2) is 0 Å². The van der Waals surface area contributed by atoms with E-state index in [2.05, 4.69) is 22.2 Å². The van der Waals surface area contributed by atoms with Gasteiger partial charge in [-0.25, -0.2) is 4.79 Å². The number of rotatable bonds is 4. The van der Waals surface area contributed by atoms with E-state index < -0.39 is 0 Å². The molecule has 0 radical (unpaired) electrons. The van der Waals surface area contributed by atoms with Crippen LogP contribution in [-0.2, 0) is 0 Å². The average Bonchev–Trinajstić information content (AvgIpc) is 3.00. The average molecular weight is 308 g/mol. The predicted octanol–water partition coefficient (Wildman–Crippen LogP) is 3.27. The molecule has 0 aliphatic heterocycles. The number of aromatic nitrogens is 2. The standard InChI is InChI=1S/C14H14ClN3OS/c1-2-16-12(13-9(15)5-6-20-13)8-3-4-10-11(7-8)18-14(19)17-10/h3-7,12,16H,2H2,1H3,(H2,17,18,19). The first-order valence-electron chi connectivity index (χ1n) is 6.37. The van der Waals surface area contributed by atoms with Gasteiger partial charge in [-0.3, -0.25) is 0 Å². The highest BCUT2D eigenvalue weighted by molar-refractivity contribution is 7.10. The van der Waals surface area contributed by atoms with Gasteiger partial charge in [0.2, 0.25) is 0 Å². The maximum absolute atomic E-state index is 11.3. The molecule has 1 atom stereocenters. The van der Waals surface area contributed by atoms with Crippen LogP contribution in [0.1, 0.15) is 23.4 Å². The lowest BCUT2D eigenvalue weighted by Crippen LogP contribution is -2.21. The fraction of sp³-hybridized carbons (Fsp3) is 0.214. The van der Waals surface area contributed by atoms with E-state index in [-0.39, 0.29) is 11.7 Å². The molecule has 0 amide bonds. The van der Waals surface area contributed by atoms with Crippen molar-refractivity contribution < 1.29 is 0 Å². The molecule has 2 aromatic heterocycles. The van der Waals surface area contributed by atoms with Crippen LogP contribution < -0.4 is 11.0 Å². The van der Waals surface area contributed by atoms with Gasteiger partial charge in [0.1, 0.15) is 0 Å². The highest BCUT2D eigenvalue weighted by Crippen LogP contribution is 2.33. The van der Waals surface area contributed by atoms with E-state index >= 15 is 0 Å². The Balaban J connectivity index is 2.09. The third kappa shape index (κ3) is 2.40. The molecule has 6 heteroatoms. The second-order valence-electron chi connectivity index (χ2n) is 4.51. The first kappa shape index (κ1) is 13.4. The van der Waals surface area contributed by atoms with Crippen molar-refractivity contribution >= 4 is 34.0 Å². The van der Waals surface area contributed by atoms with E-state index in [4.69, 9.17) is 11.6 Å². The number of thiophene rings is 1. The highest BCUT2D eigenvalue weighted by atomic mass is 35.5. The Kier molecular flexibility index (Phi) is 3.65. The van der Waals surface area contributed by atoms with Crippen molar-refractivity contribution in [3.05, 3.63) is 55.6 Å². The molecule has 0 spiro atoms. The number of hydrogen-bond acceptors (Lipinski definition) is 3. The van der Waals surface area contributed by atoms with E-state index in [9.17, 15) is 4.79 Å². The molecule has 3 rings (SSSR count). The Morgan fingerprint density at radius 3 is 2.80 bits per heavy atom. The lowest BCUT2D eigenvalue weighted by Gasteiger charge is -2.17. The zero-order chi connectivity index (χ0) is 14.1. The van der Waals surface area contributed by atoms with E-state index in [0.717, 1.165) is 33.0 Å². The Hall–Kier alpha value is -1.56. The summed E-state index contributed by atoms with van der Waals surface area (Å²) in [5, 5.41) is 6.19. The monoisotopic (exact) mass is 307 g/mol. The zero-order valence-electron chi connectivity index (χ0n) is 10.9. The maximum atomic E-state index is 11.3. The second-order valence-corrected chi connectivity index (χ2v) is 5.86. The van der Waals surface area contributed by atoms with Crippen molar-refractivity contribution in [3.8, 4) is 0 Å². The topological polar surface area (TPSA) is 60.7 Å². The normalized spacial score (nSPS) is 12.9. The summed E-state index contributed by atoms with van der Waals surface area (Å²) in [5.41, 5.74) is 2.51. The third-order valence-corrected chi connectivity index (χ3v) is 4.61. The van der Waals surface area contributed by atoms with Gasteiger partial charge >= 0.3 is 5.69 Å². The first-order valence-corrected chi connectivity index (χ1v) is 7.63. The molecular weight excluding hydrogens is 294 g/mol. The third-order valence-electron chi connectivity index (χ3n) is 3.19. The van der Waals surface area contributed by atoms with Crippen LogP contribution in [0, 0.1) is 0 Å². The summed E-state index contributed by atoms with van der Waals surface area (Å²) in [6.45, 7) is 2.89. The van der Waals surface area contributed by atoms with Gasteiger partial charge in [-0.2, -0.15) is 0 Å². The van der Waals surface area contributed by atoms with Crippen LogP contribution in [-0.4, -0.2) is 16.5 Å². The number of imidazole rings is 1. The smallest absolute Gasteiger partial charge is 0.306 e. The predicted molar refractivity (Wildman–Crippen MR) is 83.8 cm³/mol. The number of benzene rings is 1. The molecule has 4 nitrogen and oxygen atoms in total. The Labute approximate surface area is 124 Å². The minimum atomic E-state index is -0.189.